The lowest BCUT2D eigenvalue weighted by Gasteiger charge is -2.05. The summed E-state index contributed by atoms with van der Waals surface area (Å²) >= 11 is 11.9. The maximum absolute atomic E-state index is 10.4. The zero-order valence-electron chi connectivity index (χ0n) is 11.1. The van der Waals surface area contributed by atoms with Crippen LogP contribution in [0.15, 0.2) is 42.7 Å². The summed E-state index contributed by atoms with van der Waals surface area (Å²) in [4.78, 5) is 8.47. The van der Waals surface area contributed by atoms with E-state index in [0.29, 0.717) is 32.8 Å². The van der Waals surface area contributed by atoms with Crippen molar-refractivity contribution in [2.45, 2.75) is 6.92 Å². The summed E-state index contributed by atoms with van der Waals surface area (Å²) < 4.78 is 1.05. The summed E-state index contributed by atoms with van der Waals surface area (Å²) in [5, 5.41) is 11.3. The van der Waals surface area contributed by atoms with E-state index in [1.54, 1.807) is 36.7 Å². The number of nitrogens with zero attached hydrogens (tertiary/aromatic N) is 3. The molecule has 0 saturated heterocycles. The van der Waals surface area contributed by atoms with Crippen LogP contribution in [-0.2, 0) is 0 Å². The quantitative estimate of drug-likeness (QED) is 0.709. The predicted molar refractivity (Wildman–Crippen MR) is 82.8 cm³/mol. The molecule has 2 heterocycles. The molecule has 0 radical (unpaired) electrons. The van der Waals surface area contributed by atoms with Crippen LogP contribution in [0.4, 0.5) is 0 Å². The standard InChI is InChI=1S/C15H11Cl2N3O/c1-9-14(11-3-2-6-18-8-11)20(21)15(19-9)10-4-5-12(16)13(17)7-10/h2-8,21H,1H3. The van der Waals surface area contributed by atoms with E-state index >= 15 is 0 Å². The normalized spacial score (nSPS) is 10.8. The van der Waals surface area contributed by atoms with Crippen LogP contribution >= 0.6 is 23.2 Å². The van der Waals surface area contributed by atoms with Crippen LogP contribution < -0.4 is 0 Å². The van der Waals surface area contributed by atoms with Crippen molar-refractivity contribution in [1.29, 1.82) is 0 Å². The molecule has 1 N–H and O–H groups in total. The Hall–Kier alpha value is -2.04. The highest BCUT2D eigenvalue weighted by atomic mass is 35.5. The van der Waals surface area contributed by atoms with Crippen molar-refractivity contribution in [2.24, 2.45) is 0 Å². The second kappa shape index (κ2) is 5.39. The molecule has 21 heavy (non-hydrogen) atoms. The van der Waals surface area contributed by atoms with Crippen LogP contribution in [0.3, 0.4) is 0 Å². The van der Waals surface area contributed by atoms with E-state index < -0.39 is 0 Å². The zero-order chi connectivity index (χ0) is 15.0. The number of pyridine rings is 1. The lowest BCUT2D eigenvalue weighted by Crippen LogP contribution is -1.97. The van der Waals surface area contributed by atoms with Crippen molar-refractivity contribution >= 4 is 23.2 Å². The Bertz CT molecular complexity index is 800. The molecule has 0 atom stereocenters. The van der Waals surface area contributed by atoms with Crippen LogP contribution in [0.5, 0.6) is 0 Å². The first-order valence-electron chi connectivity index (χ1n) is 6.22. The molecule has 3 rings (SSSR count). The summed E-state index contributed by atoms with van der Waals surface area (Å²) in [7, 11) is 0. The van der Waals surface area contributed by atoms with E-state index in [-0.39, 0.29) is 0 Å². The fourth-order valence-corrected chi connectivity index (χ4v) is 2.47. The van der Waals surface area contributed by atoms with Gasteiger partial charge in [0.15, 0.2) is 5.82 Å². The third kappa shape index (κ3) is 2.48. The van der Waals surface area contributed by atoms with Gasteiger partial charge in [-0.1, -0.05) is 23.2 Å². The molecule has 1 aromatic carbocycles. The van der Waals surface area contributed by atoms with Gasteiger partial charge in [0.1, 0.15) is 5.69 Å². The molecular formula is C15H11Cl2N3O. The van der Waals surface area contributed by atoms with Crippen molar-refractivity contribution in [1.82, 2.24) is 14.7 Å². The Morgan fingerprint density at radius 3 is 2.57 bits per heavy atom. The van der Waals surface area contributed by atoms with E-state index in [1.165, 1.54) is 0 Å². The van der Waals surface area contributed by atoms with Gasteiger partial charge in [-0.3, -0.25) is 4.98 Å². The maximum atomic E-state index is 10.4. The second-order valence-corrected chi connectivity index (χ2v) is 5.37. The SMILES string of the molecule is Cc1nc(-c2ccc(Cl)c(Cl)c2)n(O)c1-c1cccnc1. The van der Waals surface area contributed by atoms with E-state index in [9.17, 15) is 5.21 Å². The number of halogens is 2. The number of imidazole rings is 1. The van der Waals surface area contributed by atoms with Crippen LogP contribution in [-0.4, -0.2) is 19.9 Å². The lowest BCUT2D eigenvalue weighted by atomic mass is 10.2. The fraction of sp³-hybridized carbons (Fsp3) is 0.0667. The van der Waals surface area contributed by atoms with Gasteiger partial charge in [0.25, 0.3) is 0 Å². The average Bonchev–Trinajstić information content (AvgIpc) is 2.78. The number of rotatable bonds is 2. The minimum absolute atomic E-state index is 0.407. The molecule has 6 heteroatoms. The van der Waals surface area contributed by atoms with Gasteiger partial charge in [-0.15, -0.1) is 0 Å². The molecule has 3 aromatic rings. The molecule has 2 aromatic heterocycles. The van der Waals surface area contributed by atoms with Crippen molar-refractivity contribution in [2.75, 3.05) is 0 Å². The summed E-state index contributed by atoms with van der Waals surface area (Å²) in [6, 6.07) is 8.77. The van der Waals surface area contributed by atoms with E-state index in [2.05, 4.69) is 9.97 Å². The highest BCUT2D eigenvalue weighted by Gasteiger charge is 2.17. The van der Waals surface area contributed by atoms with Crippen LogP contribution in [0, 0.1) is 6.92 Å². The minimum atomic E-state index is 0.407. The molecule has 0 spiro atoms. The number of aryl methyl sites for hydroxylation is 1. The van der Waals surface area contributed by atoms with Gasteiger partial charge in [0, 0.05) is 23.5 Å². The Labute approximate surface area is 131 Å². The van der Waals surface area contributed by atoms with Gasteiger partial charge < -0.3 is 5.21 Å². The van der Waals surface area contributed by atoms with Gasteiger partial charge in [-0.05, 0) is 37.3 Å². The monoisotopic (exact) mass is 319 g/mol. The number of benzene rings is 1. The van der Waals surface area contributed by atoms with Gasteiger partial charge in [-0.2, -0.15) is 4.73 Å². The molecule has 4 nitrogen and oxygen atoms in total. The summed E-state index contributed by atoms with van der Waals surface area (Å²) in [5.74, 6) is 0.407. The van der Waals surface area contributed by atoms with Crippen molar-refractivity contribution in [3.8, 4) is 22.6 Å². The van der Waals surface area contributed by atoms with Crippen LogP contribution in [0.25, 0.3) is 22.6 Å². The van der Waals surface area contributed by atoms with Crippen molar-refractivity contribution < 1.29 is 5.21 Å². The Kier molecular flexibility index (Phi) is 3.57. The van der Waals surface area contributed by atoms with Gasteiger partial charge in [0.2, 0.25) is 0 Å². The molecule has 106 valence electrons. The summed E-state index contributed by atoms with van der Waals surface area (Å²) in [5.41, 5.74) is 2.78. The molecule has 0 aliphatic carbocycles. The highest BCUT2D eigenvalue weighted by Crippen LogP contribution is 2.31. The number of hydrogen-bond donors (Lipinski definition) is 1. The molecule has 0 fully saturated rings. The van der Waals surface area contributed by atoms with E-state index in [4.69, 9.17) is 23.2 Å². The van der Waals surface area contributed by atoms with E-state index in [0.717, 1.165) is 10.3 Å². The molecule has 0 aliphatic heterocycles. The molecule has 0 aliphatic rings. The van der Waals surface area contributed by atoms with E-state index in [1.807, 2.05) is 13.0 Å². The summed E-state index contributed by atoms with van der Waals surface area (Å²) in [6.07, 6.45) is 3.35. The zero-order valence-corrected chi connectivity index (χ0v) is 12.6. The third-order valence-electron chi connectivity index (χ3n) is 3.14. The van der Waals surface area contributed by atoms with Crippen molar-refractivity contribution in [3.05, 3.63) is 58.5 Å². The smallest absolute Gasteiger partial charge is 0.176 e. The Balaban J connectivity index is 2.16. The molecule has 0 saturated carbocycles. The maximum Gasteiger partial charge on any atom is 0.176 e. The molecule has 0 amide bonds. The van der Waals surface area contributed by atoms with Crippen molar-refractivity contribution in [3.63, 3.8) is 0 Å². The minimum Gasteiger partial charge on any atom is -0.426 e. The van der Waals surface area contributed by atoms with Crippen LogP contribution in [0.2, 0.25) is 10.0 Å². The Morgan fingerprint density at radius 2 is 1.90 bits per heavy atom. The Morgan fingerprint density at radius 1 is 1.10 bits per heavy atom. The van der Waals surface area contributed by atoms with Crippen LogP contribution in [0.1, 0.15) is 5.69 Å². The first-order valence-corrected chi connectivity index (χ1v) is 6.98. The lowest BCUT2D eigenvalue weighted by molar-refractivity contribution is 0.195. The topological polar surface area (TPSA) is 50.9 Å². The predicted octanol–water partition coefficient (Wildman–Crippen LogP) is 4.46. The number of hydrogen-bond acceptors (Lipinski definition) is 3. The second-order valence-electron chi connectivity index (χ2n) is 4.55. The highest BCUT2D eigenvalue weighted by molar-refractivity contribution is 6.42. The van der Waals surface area contributed by atoms with Gasteiger partial charge >= 0.3 is 0 Å². The first kappa shape index (κ1) is 13.9. The molecule has 0 bridgehead atoms. The average molecular weight is 320 g/mol. The molecular weight excluding hydrogens is 309 g/mol. The first-order chi connectivity index (χ1) is 10.1. The molecule has 0 unspecified atom stereocenters. The summed E-state index contributed by atoms with van der Waals surface area (Å²) in [6.45, 7) is 1.83. The third-order valence-corrected chi connectivity index (χ3v) is 3.88. The largest absolute Gasteiger partial charge is 0.426 e. The van der Waals surface area contributed by atoms with Gasteiger partial charge in [0.05, 0.1) is 15.7 Å². The fourth-order valence-electron chi connectivity index (χ4n) is 2.17. The number of aromatic nitrogens is 3. The van der Waals surface area contributed by atoms with Gasteiger partial charge in [-0.25, -0.2) is 4.98 Å².